The molecule has 0 heterocycles. The molecule has 7 nitrogen and oxygen atoms in total. The van der Waals surface area contributed by atoms with Gasteiger partial charge in [0.2, 0.25) is 16.1 Å². The maximum atomic E-state index is 14.1. The zero-order valence-electron chi connectivity index (χ0n) is 14.9. The Kier molecular flexibility index (Phi) is 6.29. The highest BCUT2D eigenvalue weighted by atomic mass is 32.2. The highest BCUT2D eigenvalue weighted by molar-refractivity contribution is 7.89. The summed E-state index contributed by atoms with van der Waals surface area (Å²) in [7, 11) is -0.152. The third kappa shape index (κ3) is 4.50. The standard InChI is InChI=1S/C18H18FNO6S/c1-20(2)27(23,24)13-9-10-15(19)14(11-13)17(21)26-16(18(22)25-3)12-7-5-4-6-8-12/h4-11,16H,1-3H3/t16-/m0/s1. The van der Waals surface area contributed by atoms with Crippen molar-refractivity contribution in [1.29, 1.82) is 0 Å². The van der Waals surface area contributed by atoms with Gasteiger partial charge >= 0.3 is 11.9 Å². The van der Waals surface area contributed by atoms with E-state index in [1.807, 2.05) is 0 Å². The molecule has 0 aliphatic carbocycles. The monoisotopic (exact) mass is 395 g/mol. The van der Waals surface area contributed by atoms with E-state index in [1.165, 1.54) is 26.2 Å². The summed E-state index contributed by atoms with van der Waals surface area (Å²) >= 11 is 0. The van der Waals surface area contributed by atoms with E-state index in [-0.39, 0.29) is 4.90 Å². The van der Waals surface area contributed by atoms with Gasteiger partial charge in [-0.2, -0.15) is 0 Å². The fraction of sp³-hybridized carbons (Fsp3) is 0.222. The van der Waals surface area contributed by atoms with Gasteiger partial charge in [-0.15, -0.1) is 0 Å². The van der Waals surface area contributed by atoms with Crippen LogP contribution in [0.2, 0.25) is 0 Å². The third-order valence-corrected chi connectivity index (χ3v) is 5.49. The number of esters is 2. The van der Waals surface area contributed by atoms with E-state index in [2.05, 4.69) is 4.74 Å². The first kappa shape index (κ1) is 20.5. The number of ether oxygens (including phenoxy) is 2. The molecule has 0 unspecified atom stereocenters. The SMILES string of the molecule is COC(=O)[C@@H](OC(=O)c1cc(S(=O)(=O)N(C)C)ccc1F)c1ccccc1. The fourth-order valence-corrected chi connectivity index (χ4v) is 3.12. The van der Waals surface area contributed by atoms with Crippen LogP contribution >= 0.6 is 0 Å². The lowest BCUT2D eigenvalue weighted by atomic mass is 10.1. The Morgan fingerprint density at radius 2 is 1.70 bits per heavy atom. The molecule has 0 radical (unpaired) electrons. The zero-order chi connectivity index (χ0) is 20.2. The maximum absolute atomic E-state index is 14.1. The van der Waals surface area contributed by atoms with E-state index in [9.17, 15) is 22.4 Å². The minimum Gasteiger partial charge on any atom is -0.466 e. The van der Waals surface area contributed by atoms with Gasteiger partial charge in [0.25, 0.3) is 0 Å². The Morgan fingerprint density at radius 1 is 1.07 bits per heavy atom. The number of rotatable bonds is 6. The zero-order valence-corrected chi connectivity index (χ0v) is 15.7. The topological polar surface area (TPSA) is 90.0 Å². The lowest BCUT2D eigenvalue weighted by Crippen LogP contribution is -2.24. The normalized spacial score (nSPS) is 12.5. The van der Waals surface area contributed by atoms with E-state index in [0.717, 1.165) is 29.6 Å². The van der Waals surface area contributed by atoms with Crippen LogP contribution in [0.15, 0.2) is 53.4 Å². The van der Waals surface area contributed by atoms with Crippen LogP contribution in [0.25, 0.3) is 0 Å². The van der Waals surface area contributed by atoms with Crippen LogP contribution in [0.4, 0.5) is 4.39 Å². The Labute approximate surface area is 156 Å². The van der Waals surface area contributed by atoms with E-state index in [4.69, 9.17) is 4.74 Å². The smallest absolute Gasteiger partial charge is 0.351 e. The second-order valence-corrected chi connectivity index (χ2v) is 7.80. The molecule has 0 spiro atoms. The van der Waals surface area contributed by atoms with Crippen molar-refractivity contribution in [3.8, 4) is 0 Å². The molecule has 27 heavy (non-hydrogen) atoms. The average molecular weight is 395 g/mol. The Morgan fingerprint density at radius 3 is 2.26 bits per heavy atom. The van der Waals surface area contributed by atoms with Gasteiger partial charge in [0, 0.05) is 19.7 Å². The number of nitrogens with zero attached hydrogens (tertiary/aromatic N) is 1. The Hall–Kier alpha value is -2.78. The van der Waals surface area contributed by atoms with Crippen LogP contribution in [0, 0.1) is 5.82 Å². The van der Waals surface area contributed by atoms with Crippen molar-refractivity contribution in [2.24, 2.45) is 0 Å². The van der Waals surface area contributed by atoms with Gasteiger partial charge in [-0.3, -0.25) is 0 Å². The van der Waals surface area contributed by atoms with Crippen LogP contribution < -0.4 is 0 Å². The molecule has 2 aromatic carbocycles. The highest BCUT2D eigenvalue weighted by Crippen LogP contribution is 2.23. The van der Waals surface area contributed by atoms with Crippen LogP contribution in [0.1, 0.15) is 22.0 Å². The summed E-state index contributed by atoms with van der Waals surface area (Å²) < 4.78 is 49.2. The molecule has 0 aromatic heterocycles. The van der Waals surface area contributed by atoms with Crippen LogP contribution in [-0.2, 0) is 24.3 Å². The molecule has 0 saturated heterocycles. The molecular formula is C18H18FNO6S. The summed E-state index contributed by atoms with van der Waals surface area (Å²) in [5.74, 6) is -3.02. The highest BCUT2D eigenvalue weighted by Gasteiger charge is 2.29. The summed E-state index contributed by atoms with van der Waals surface area (Å²) in [5.41, 5.74) is -0.280. The largest absolute Gasteiger partial charge is 0.466 e. The summed E-state index contributed by atoms with van der Waals surface area (Å²) in [6.07, 6.45) is -1.42. The van der Waals surface area contributed by atoms with Gasteiger partial charge in [-0.05, 0) is 18.2 Å². The van der Waals surface area contributed by atoms with Crippen molar-refractivity contribution in [2.45, 2.75) is 11.0 Å². The maximum Gasteiger partial charge on any atom is 0.351 e. The van der Waals surface area contributed by atoms with Crippen LogP contribution in [0.3, 0.4) is 0 Å². The second-order valence-electron chi connectivity index (χ2n) is 5.65. The molecular weight excluding hydrogens is 377 g/mol. The van der Waals surface area contributed by atoms with Gasteiger partial charge in [0.15, 0.2) is 0 Å². The Bertz CT molecular complexity index is 944. The van der Waals surface area contributed by atoms with Crippen molar-refractivity contribution in [1.82, 2.24) is 4.31 Å². The first-order chi connectivity index (χ1) is 12.7. The van der Waals surface area contributed by atoms with E-state index in [0.29, 0.717) is 5.56 Å². The minimum absolute atomic E-state index is 0.282. The first-order valence-electron chi connectivity index (χ1n) is 7.74. The van der Waals surface area contributed by atoms with Crippen LogP contribution in [0.5, 0.6) is 0 Å². The predicted octanol–water partition coefficient (Wildman–Crippen LogP) is 2.15. The molecule has 144 valence electrons. The number of carbonyl (C=O) groups is 2. The molecule has 0 bridgehead atoms. The molecule has 0 fully saturated rings. The van der Waals surface area contributed by atoms with Crippen molar-refractivity contribution >= 4 is 22.0 Å². The lowest BCUT2D eigenvalue weighted by molar-refractivity contribution is -0.151. The summed E-state index contributed by atoms with van der Waals surface area (Å²) in [6.45, 7) is 0. The first-order valence-corrected chi connectivity index (χ1v) is 9.18. The molecule has 1 atom stereocenters. The summed E-state index contributed by atoms with van der Waals surface area (Å²) in [6, 6.07) is 10.8. The van der Waals surface area contributed by atoms with Gasteiger partial charge < -0.3 is 9.47 Å². The molecule has 0 amide bonds. The van der Waals surface area contributed by atoms with E-state index in [1.54, 1.807) is 18.2 Å². The van der Waals surface area contributed by atoms with E-state index >= 15 is 0 Å². The Balaban J connectivity index is 2.40. The number of benzene rings is 2. The van der Waals surface area contributed by atoms with Crippen molar-refractivity contribution < 1.29 is 31.9 Å². The summed E-state index contributed by atoms with van der Waals surface area (Å²) in [4.78, 5) is 24.1. The number of methoxy groups -OCH3 is 1. The number of hydrogen-bond acceptors (Lipinski definition) is 6. The molecule has 2 rings (SSSR count). The predicted molar refractivity (Wildman–Crippen MR) is 93.9 cm³/mol. The molecule has 0 aliphatic rings. The number of hydrogen-bond donors (Lipinski definition) is 0. The fourth-order valence-electron chi connectivity index (χ4n) is 2.19. The van der Waals surface area contributed by atoms with Crippen molar-refractivity contribution in [3.05, 3.63) is 65.5 Å². The number of sulfonamides is 1. The number of halogens is 1. The quantitative estimate of drug-likeness (QED) is 0.696. The molecule has 9 heteroatoms. The average Bonchev–Trinajstić information content (AvgIpc) is 2.66. The van der Waals surface area contributed by atoms with Gasteiger partial charge in [0.05, 0.1) is 17.6 Å². The molecule has 0 saturated carbocycles. The van der Waals surface area contributed by atoms with Gasteiger partial charge in [-0.25, -0.2) is 26.7 Å². The van der Waals surface area contributed by atoms with Crippen molar-refractivity contribution in [3.63, 3.8) is 0 Å². The van der Waals surface area contributed by atoms with Gasteiger partial charge in [-0.1, -0.05) is 30.3 Å². The minimum atomic E-state index is -3.88. The molecule has 2 aromatic rings. The molecule has 0 aliphatic heterocycles. The van der Waals surface area contributed by atoms with Crippen molar-refractivity contribution in [2.75, 3.05) is 21.2 Å². The van der Waals surface area contributed by atoms with Gasteiger partial charge in [0.1, 0.15) is 5.82 Å². The molecule has 0 N–H and O–H groups in total. The summed E-state index contributed by atoms with van der Waals surface area (Å²) in [5, 5.41) is 0. The lowest BCUT2D eigenvalue weighted by Gasteiger charge is -2.17. The van der Waals surface area contributed by atoms with E-state index < -0.39 is 39.4 Å². The third-order valence-electron chi connectivity index (χ3n) is 3.68. The second kappa shape index (κ2) is 8.28. The van der Waals surface area contributed by atoms with Crippen LogP contribution in [-0.4, -0.2) is 45.9 Å². The number of carbonyl (C=O) groups excluding carboxylic acids is 2.